The molecule has 0 aliphatic rings. The number of primary amides is 1. The van der Waals surface area contributed by atoms with E-state index in [-0.39, 0.29) is 24.7 Å². The molecule has 3 aromatic rings. The topological polar surface area (TPSA) is 173 Å². The van der Waals surface area contributed by atoms with Gasteiger partial charge in [0.15, 0.2) is 5.78 Å². The van der Waals surface area contributed by atoms with Crippen molar-refractivity contribution >= 4 is 40.5 Å². The number of hydrazine groups is 1. The Hall–Kier alpha value is -4.84. The predicted octanol–water partition coefficient (Wildman–Crippen LogP) is 1.49. The number of para-hydroxylation sites is 1. The lowest BCUT2D eigenvalue weighted by molar-refractivity contribution is -0.131. The second-order valence-corrected chi connectivity index (χ2v) is 9.63. The van der Waals surface area contributed by atoms with E-state index in [2.05, 4.69) is 25.8 Å². The number of Topliss-reactive ketones (excluding diaryl/α,β-unsaturated/α-hetero) is 1. The van der Waals surface area contributed by atoms with Crippen LogP contribution in [0.15, 0.2) is 66.7 Å². The van der Waals surface area contributed by atoms with Crippen LogP contribution in [0.3, 0.4) is 0 Å². The minimum Gasteiger partial charge on any atom is -0.452 e. The number of fused-ring (bicyclic) bond motifs is 1. The number of nitrogens with two attached hydrogens (primary N) is 1. The Bertz CT molecular complexity index is 1400. The molecule has 0 aliphatic heterocycles. The third kappa shape index (κ3) is 9.11. The van der Waals surface area contributed by atoms with Crippen molar-refractivity contribution in [3.8, 4) is 0 Å². The zero-order chi connectivity index (χ0) is 29.9. The third-order valence-electron chi connectivity index (χ3n) is 6.22. The number of nitrogens with one attached hydrogen (secondary N) is 3. The molecule has 1 heterocycles. The molecule has 41 heavy (non-hydrogen) atoms. The Balaban J connectivity index is 1.81. The fraction of sp³-hybridized carbons (Fsp3) is 0.310. The first-order valence-corrected chi connectivity index (χ1v) is 13.0. The van der Waals surface area contributed by atoms with Gasteiger partial charge in [0.05, 0.1) is 31.6 Å². The number of pyridine rings is 1. The molecule has 12 heteroatoms. The predicted molar refractivity (Wildman–Crippen MR) is 151 cm³/mol. The van der Waals surface area contributed by atoms with Gasteiger partial charge >= 0.3 is 6.09 Å². The highest BCUT2D eigenvalue weighted by Crippen LogP contribution is 2.12. The van der Waals surface area contributed by atoms with Crippen LogP contribution >= 0.6 is 0 Å². The number of hydrogen-bond donors (Lipinski definition) is 4. The van der Waals surface area contributed by atoms with Crippen molar-refractivity contribution in [3.05, 3.63) is 78.0 Å². The van der Waals surface area contributed by atoms with E-state index in [1.165, 1.54) is 18.2 Å². The number of nitrogens with zero attached hydrogens (tertiary/aromatic N) is 2. The molecular formula is C29H34N6O6. The van der Waals surface area contributed by atoms with Gasteiger partial charge in [-0.3, -0.25) is 24.6 Å². The fourth-order valence-electron chi connectivity index (χ4n) is 3.99. The van der Waals surface area contributed by atoms with Crippen LogP contribution in [0.1, 0.15) is 36.3 Å². The molecule has 0 spiro atoms. The van der Waals surface area contributed by atoms with Gasteiger partial charge in [-0.2, -0.15) is 0 Å². The Morgan fingerprint density at radius 2 is 1.59 bits per heavy atom. The largest absolute Gasteiger partial charge is 0.452 e. The Kier molecular flexibility index (Phi) is 10.9. The van der Waals surface area contributed by atoms with Crippen LogP contribution < -0.4 is 21.8 Å². The first-order chi connectivity index (χ1) is 19.6. The van der Waals surface area contributed by atoms with Crippen LogP contribution in [0.4, 0.5) is 4.79 Å². The van der Waals surface area contributed by atoms with Crippen LogP contribution in [0.25, 0.3) is 10.9 Å². The maximum Gasteiger partial charge on any atom is 0.421 e. The van der Waals surface area contributed by atoms with Gasteiger partial charge in [0.25, 0.3) is 5.91 Å². The van der Waals surface area contributed by atoms with E-state index in [1.54, 1.807) is 56.3 Å². The number of amides is 4. The average molecular weight is 563 g/mol. The van der Waals surface area contributed by atoms with Crippen molar-refractivity contribution in [1.29, 1.82) is 0 Å². The molecule has 216 valence electrons. The Morgan fingerprint density at radius 1 is 0.902 bits per heavy atom. The summed E-state index contributed by atoms with van der Waals surface area (Å²) in [6.45, 7) is 3.29. The molecule has 0 fully saturated rings. The van der Waals surface area contributed by atoms with Gasteiger partial charge in [0.2, 0.25) is 11.8 Å². The summed E-state index contributed by atoms with van der Waals surface area (Å²) in [5.74, 6) is -2.70. The lowest BCUT2D eigenvalue weighted by Crippen LogP contribution is -2.56. The summed E-state index contributed by atoms with van der Waals surface area (Å²) in [7, 11) is 1.20. The monoisotopic (exact) mass is 562 g/mol. The lowest BCUT2D eigenvalue weighted by atomic mass is 10.0. The van der Waals surface area contributed by atoms with Gasteiger partial charge in [-0.25, -0.2) is 14.8 Å². The molecule has 2 atom stereocenters. The molecule has 0 saturated heterocycles. The second kappa shape index (κ2) is 14.5. The molecule has 0 bridgehead atoms. The third-order valence-corrected chi connectivity index (χ3v) is 6.22. The summed E-state index contributed by atoms with van der Waals surface area (Å²) in [5.41, 5.74) is 9.26. The maximum absolute atomic E-state index is 13.4. The SMILES string of the molecule is COC(=O)NN(CC(=O)C(Cc1ccccc1)NC(=O)[C@H](CC(N)=O)NC(=O)c1ccc2ccccc2n1)C(C)C. The first-order valence-electron chi connectivity index (χ1n) is 13.0. The van der Waals surface area contributed by atoms with Crippen LogP contribution in [-0.4, -0.2) is 71.4 Å². The highest BCUT2D eigenvalue weighted by Gasteiger charge is 2.30. The van der Waals surface area contributed by atoms with Crippen molar-refractivity contribution in [2.45, 2.75) is 44.8 Å². The van der Waals surface area contributed by atoms with E-state index in [0.29, 0.717) is 5.52 Å². The van der Waals surface area contributed by atoms with Crippen molar-refractivity contribution < 1.29 is 28.7 Å². The highest BCUT2D eigenvalue weighted by molar-refractivity contribution is 6.00. The van der Waals surface area contributed by atoms with E-state index >= 15 is 0 Å². The van der Waals surface area contributed by atoms with Crippen molar-refractivity contribution in [1.82, 2.24) is 26.1 Å². The summed E-state index contributed by atoms with van der Waals surface area (Å²) >= 11 is 0. The minimum absolute atomic E-state index is 0.0457. The average Bonchev–Trinajstić information content (AvgIpc) is 2.95. The Morgan fingerprint density at radius 3 is 2.24 bits per heavy atom. The number of carbonyl (C=O) groups is 5. The van der Waals surface area contributed by atoms with E-state index in [9.17, 15) is 24.0 Å². The van der Waals surface area contributed by atoms with E-state index < -0.39 is 48.1 Å². The summed E-state index contributed by atoms with van der Waals surface area (Å²) < 4.78 is 4.64. The molecule has 1 aromatic heterocycles. The smallest absolute Gasteiger partial charge is 0.421 e. The van der Waals surface area contributed by atoms with Gasteiger partial charge in [0.1, 0.15) is 11.7 Å². The number of carbonyl (C=O) groups excluding carboxylic acids is 5. The minimum atomic E-state index is -1.37. The molecule has 2 aromatic carbocycles. The van der Waals surface area contributed by atoms with Gasteiger partial charge in [-0.05, 0) is 38.0 Å². The summed E-state index contributed by atoms with van der Waals surface area (Å²) in [6, 6.07) is 16.8. The van der Waals surface area contributed by atoms with E-state index in [1.807, 2.05) is 18.2 Å². The zero-order valence-electron chi connectivity index (χ0n) is 23.1. The number of ether oxygens (including phenoxy) is 1. The number of benzene rings is 2. The molecule has 5 N–H and O–H groups in total. The molecule has 12 nitrogen and oxygen atoms in total. The number of rotatable bonds is 13. The standard InChI is InChI=1S/C29H34N6O6/c1-18(2)35(34-29(40)41-3)17-25(36)23(15-19-9-5-4-6-10-19)32-28(39)24(16-26(30)37)33-27(38)22-14-13-20-11-7-8-12-21(20)31-22/h4-14,18,23-24H,15-17H2,1-3H3,(H2,30,37)(H,32,39)(H,33,38)(H,34,40)/t23?,24-/m0/s1. The number of methoxy groups -OCH3 is 1. The number of hydrogen-bond acceptors (Lipinski definition) is 8. The fourth-order valence-corrected chi connectivity index (χ4v) is 3.99. The Labute approximate surface area is 237 Å². The lowest BCUT2D eigenvalue weighted by Gasteiger charge is -2.28. The number of ketones is 1. The molecule has 0 saturated carbocycles. The van der Waals surface area contributed by atoms with Crippen molar-refractivity contribution in [2.75, 3.05) is 13.7 Å². The van der Waals surface area contributed by atoms with Gasteiger partial charge in [-0.15, -0.1) is 0 Å². The van der Waals surface area contributed by atoms with Crippen LogP contribution in [0, 0.1) is 0 Å². The van der Waals surface area contributed by atoms with Crippen LogP contribution in [0.2, 0.25) is 0 Å². The van der Waals surface area contributed by atoms with E-state index in [0.717, 1.165) is 10.9 Å². The van der Waals surface area contributed by atoms with Gasteiger partial charge < -0.3 is 21.1 Å². The maximum atomic E-state index is 13.4. The van der Waals surface area contributed by atoms with Crippen LogP contribution in [-0.2, 0) is 25.5 Å². The first kappa shape index (κ1) is 30.7. The second-order valence-electron chi connectivity index (χ2n) is 9.63. The molecule has 0 aliphatic carbocycles. The molecule has 1 unspecified atom stereocenters. The van der Waals surface area contributed by atoms with Crippen LogP contribution in [0.5, 0.6) is 0 Å². The van der Waals surface area contributed by atoms with Gasteiger partial charge in [-0.1, -0.05) is 54.6 Å². The van der Waals surface area contributed by atoms with E-state index in [4.69, 9.17) is 5.73 Å². The molecule has 4 amide bonds. The number of aromatic nitrogens is 1. The summed E-state index contributed by atoms with van der Waals surface area (Å²) in [6.07, 6.45) is -1.12. The molecule has 0 radical (unpaired) electrons. The highest BCUT2D eigenvalue weighted by atomic mass is 16.5. The summed E-state index contributed by atoms with van der Waals surface area (Å²) in [5, 5.41) is 7.40. The van der Waals surface area contributed by atoms with Gasteiger partial charge in [0, 0.05) is 11.4 Å². The molecular weight excluding hydrogens is 528 g/mol. The summed E-state index contributed by atoms with van der Waals surface area (Å²) in [4.78, 5) is 67.8. The normalized spacial score (nSPS) is 12.4. The van der Waals surface area contributed by atoms with Crippen molar-refractivity contribution in [3.63, 3.8) is 0 Å². The molecule has 3 rings (SSSR count). The zero-order valence-corrected chi connectivity index (χ0v) is 23.1. The quantitative estimate of drug-likeness (QED) is 0.227. The van der Waals surface area contributed by atoms with Crippen molar-refractivity contribution in [2.24, 2.45) is 5.73 Å².